The molecule has 6 nitrogen and oxygen atoms in total. The Hall–Kier alpha value is -2.04. The third-order valence-electron chi connectivity index (χ3n) is 4.98. The van der Waals surface area contributed by atoms with Gasteiger partial charge in [-0.15, -0.1) is 0 Å². The molecule has 0 radical (unpaired) electrons. The van der Waals surface area contributed by atoms with Gasteiger partial charge in [-0.1, -0.05) is 6.07 Å². The third-order valence-corrected chi connectivity index (χ3v) is 4.98. The first-order chi connectivity index (χ1) is 11.9. The van der Waals surface area contributed by atoms with Crippen LogP contribution in [0.2, 0.25) is 0 Å². The van der Waals surface area contributed by atoms with Crippen LogP contribution in [0.5, 0.6) is 5.75 Å². The van der Waals surface area contributed by atoms with Crippen LogP contribution in [0.25, 0.3) is 0 Å². The van der Waals surface area contributed by atoms with Gasteiger partial charge in [0.2, 0.25) is 0 Å². The number of hydrogen-bond donors (Lipinski definition) is 0. The number of benzene rings is 1. The zero-order chi connectivity index (χ0) is 19.8. The lowest BCUT2D eigenvalue weighted by Crippen LogP contribution is -2.41. The fourth-order valence-corrected chi connectivity index (χ4v) is 2.48. The predicted molar refractivity (Wildman–Crippen MR) is 98.2 cm³/mol. The molecule has 0 N–H and O–H groups in total. The van der Waals surface area contributed by atoms with Crippen LogP contribution >= 0.6 is 0 Å². The Bertz CT molecular complexity index is 720. The van der Waals surface area contributed by atoms with Crippen LogP contribution < -0.4 is 10.2 Å². The van der Waals surface area contributed by atoms with Gasteiger partial charge in [-0.25, -0.2) is 0 Å². The Morgan fingerprint density at radius 3 is 2.31 bits per heavy atom. The molecule has 2 rings (SSSR count). The Kier molecular flexibility index (Phi) is 5.41. The number of nitrogens with zero attached hydrogens (tertiary/aromatic N) is 1. The summed E-state index contributed by atoms with van der Waals surface area (Å²) in [6.07, 6.45) is 0. The zero-order valence-electron chi connectivity index (χ0n) is 16.5. The van der Waals surface area contributed by atoms with Gasteiger partial charge in [0.15, 0.2) is 0 Å². The molecule has 1 saturated heterocycles. The Morgan fingerprint density at radius 2 is 1.81 bits per heavy atom. The number of esters is 1. The first-order valence-electron chi connectivity index (χ1n) is 8.54. The molecule has 7 heteroatoms. The fourth-order valence-electron chi connectivity index (χ4n) is 2.48. The van der Waals surface area contributed by atoms with Gasteiger partial charge in [-0.3, -0.25) is 4.79 Å². The van der Waals surface area contributed by atoms with Crippen LogP contribution in [0.3, 0.4) is 0 Å². The van der Waals surface area contributed by atoms with Crippen LogP contribution in [-0.4, -0.2) is 38.0 Å². The van der Waals surface area contributed by atoms with E-state index < -0.39 is 23.7 Å². The number of carbonyl (C=O) groups excluding carboxylic acids is 1. The Labute approximate surface area is 155 Å². The summed E-state index contributed by atoms with van der Waals surface area (Å²) >= 11 is 0. The second-order valence-electron chi connectivity index (χ2n) is 8.12. The molecule has 1 heterocycles. The minimum absolute atomic E-state index is 0.101. The zero-order valence-corrected chi connectivity index (χ0v) is 16.5. The highest BCUT2D eigenvalue weighted by Gasteiger charge is 2.51. The largest absolute Gasteiger partial charge is 0.494 e. The van der Waals surface area contributed by atoms with Crippen LogP contribution in [0.1, 0.15) is 47.1 Å². The molecule has 0 bridgehead atoms. The number of methoxy groups -OCH3 is 1. The van der Waals surface area contributed by atoms with Crippen molar-refractivity contribution in [2.75, 3.05) is 13.7 Å². The Balaban J connectivity index is 2.19. The van der Waals surface area contributed by atoms with Gasteiger partial charge in [0.1, 0.15) is 18.4 Å². The van der Waals surface area contributed by atoms with Crippen LogP contribution in [0, 0.1) is 16.7 Å². The normalized spacial score (nSPS) is 18.3. The van der Waals surface area contributed by atoms with Gasteiger partial charge in [-0.05, 0) is 59.1 Å². The fraction of sp³-hybridized carbons (Fsp3) is 0.579. The smallest absolute Gasteiger partial charge is 0.491 e. The van der Waals surface area contributed by atoms with Crippen molar-refractivity contribution in [2.45, 2.75) is 52.7 Å². The van der Waals surface area contributed by atoms with Crippen LogP contribution in [0.4, 0.5) is 0 Å². The summed E-state index contributed by atoms with van der Waals surface area (Å²) in [5, 5.41) is 9.47. The standard InChI is InChI=1S/C19H26BNO5/c1-17(2,16(22)23-7)12-24-15-9-8-14(10-13(15)11-21)20-25-18(3,4)19(5,6)26-20/h8-10H,12H2,1-7H3. The van der Waals surface area contributed by atoms with Crippen molar-refractivity contribution in [3.8, 4) is 11.8 Å². The average molecular weight is 359 g/mol. The molecular weight excluding hydrogens is 333 g/mol. The molecule has 0 unspecified atom stereocenters. The van der Waals surface area contributed by atoms with E-state index in [2.05, 4.69) is 6.07 Å². The maximum Gasteiger partial charge on any atom is 0.494 e. The lowest BCUT2D eigenvalue weighted by atomic mass is 9.78. The SMILES string of the molecule is COC(=O)C(C)(C)COc1ccc(B2OC(C)(C)C(C)(C)O2)cc1C#N. The van der Waals surface area contributed by atoms with Crippen molar-refractivity contribution in [1.82, 2.24) is 0 Å². The maximum absolute atomic E-state index is 11.8. The van der Waals surface area contributed by atoms with Crippen molar-refractivity contribution in [1.29, 1.82) is 5.26 Å². The molecule has 140 valence electrons. The van der Waals surface area contributed by atoms with E-state index >= 15 is 0 Å². The van der Waals surface area contributed by atoms with E-state index in [1.54, 1.807) is 26.0 Å². The van der Waals surface area contributed by atoms with Crippen LogP contribution in [0.15, 0.2) is 18.2 Å². The first kappa shape index (κ1) is 20.3. The van der Waals surface area contributed by atoms with Gasteiger partial charge >= 0.3 is 13.1 Å². The molecule has 0 amide bonds. The van der Waals surface area contributed by atoms with Crippen molar-refractivity contribution in [3.05, 3.63) is 23.8 Å². The number of carbonyl (C=O) groups is 1. The van der Waals surface area contributed by atoms with E-state index in [0.717, 1.165) is 5.46 Å². The second kappa shape index (κ2) is 6.94. The van der Waals surface area contributed by atoms with Crippen molar-refractivity contribution in [2.24, 2.45) is 5.41 Å². The third kappa shape index (κ3) is 3.87. The van der Waals surface area contributed by atoms with Gasteiger partial charge in [-0.2, -0.15) is 5.26 Å². The predicted octanol–water partition coefficient (Wildman–Crippen LogP) is 2.44. The minimum Gasteiger partial charge on any atom is -0.491 e. The van der Waals surface area contributed by atoms with E-state index in [1.807, 2.05) is 33.8 Å². The minimum atomic E-state index is -0.814. The molecule has 1 aliphatic heterocycles. The molecular formula is C19H26BNO5. The van der Waals surface area contributed by atoms with Gasteiger partial charge in [0.05, 0.1) is 29.3 Å². The molecule has 1 aromatic carbocycles. The number of rotatable bonds is 5. The monoisotopic (exact) mass is 359 g/mol. The van der Waals surface area contributed by atoms with E-state index in [4.69, 9.17) is 18.8 Å². The molecule has 1 aliphatic rings. The highest BCUT2D eigenvalue weighted by molar-refractivity contribution is 6.62. The highest BCUT2D eigenvalue weighted by atomic mass is 16.7. The van der Waals surface area contributed by atoms with Crippen molar-refractivity contribution in [3.63, 3.8) is 0 Å². The van der Waals surface area contributed by atoms with E-state index in [0.29, 0.717) is 11.3 Å². The number of nitriles is 1. The maximum atomic E-state index is 11.8. The summed E-state index contributed by atoms with van der Waals surface area (Å²) < 4.78 is 22.5. The van der Waals surface area contributed by atoms with Gasteiger partial charge < -0.3 is 18.8 Å². The molecule has 0 spiro atoms. The summed E-state index contributed by atoms with van der Waals surface area (Å²) in [4.78, 5) is 11.8. The van der Waals surface area contributed by atoms with Crippen LogP contribution in [-0.2, 0) is 18.8 Å². The van der Waals surface area contributed by atoms with E-state index in [1.165, 1.54) is 7.11 Å². The molecule has 1 aromatic rings. The summed E-state index contributed by atoms with van der Waals surface area (Å²) in [5.74, 6) is 0.0367. The molecule has 1 fully saturated rings. The van der Waals surface area contributed by atoms with E-state index in [9.17, 15) is 10.1 Å². The molecule has 0 aromatic heterocycles. The topological polar surface area (TPSA) is 77.8 Å². The highest BCUT2D eigenvalue weighted by Crippen LogP contribution is 2.36. The lowest BCUT2D eigenvalue weighted by molar-refractivity contribution is -0.152. The van der Waals surface area contributed by atoms with Crippen molar-refractivity contribution >= 4 is 18.6 Å². The molecule has 0 atom stereocenters. The van der Waals surface area contributed by atoms with Gasteiger partial charge in [0, 0.05) is 0 Å². The molecule has 0 saturated carbocycles. The summed E-state index contributed by atoms with van der Waals surface area (Å²) in [7, 11) is 0.789. The second-order valence-corrected chi connectivity index (χ2v) is 8.12. The lowest BCUT2D eigenvalue weighted by Gasteiger charge is -2.32. The van der Waals surface area contributed by atoms with Crippen molar-refractivity contribution < 1.29 is 23.6 Å². The summed E-state index contributed by atoms with van der Waals surface area (Å²) in [5.41, 5.74) is -0.613. The summed E-state index contributed by atoms with van der Waals surface area (Å²) in [6, 6.07) is 7.33. The van der Waals surface area contributed by atoms with Gasteiger partial charge in [0.25, 0.3) is 0 Å². The molecule has 0 aliphatic carbocycles. The number of hydrogen-bond acceptors (Lipinski definition) is 6. The Morgan fingerprint density at radius 1 is 1.23 bits per heavy atom. The number of ether oxygens (including phenoxy) is 2. The average Bonchev–Trinajstić information content (AvgIpc) is 2.79. The molecule has 26 heavy (non-hydrogen) atoms. The quantitative estimate of drug-likeness (QED) is 0.594. The van der Waals surface area contributed by atoms with E-state index in [-0.39, 0.29) is 12.6 Å². The first-order valence-corrected chi connectivity index (χ1v) is 8.54. The summed E-state index contributed by atoms with van der Waals surface area (Å²) in [6.45, 7) is 11.5.